The Labute approximate surface area is 124 Å². The molecule has 4 nitrogen and oxygen atoms in total. The maximum absolute atomic E-state index is 8.82. The lowest BCUT2D eigenvalue weighted by molar-refractivity contribution is 0.282. The van der Waals surface area contributed by atoms with Gasteiger partial charge in [0.15, 0.2) is 5.76 Å². The molecule has 0 aromatic heterocycles. The third-order valence-corrected chi connectivity index (χ3v) is 3.17. The summed E-state index contributed by atoms with van der Waals surface area (Å²) < 4.78 is 5.37. The third-order valence-electron chi connectivity index (χ3n) is 2.86. The zero-order valence-electron chi connectivity index (χ0n) is 12.1. The SMILES string of the molecule is C=C(Nc1ccc(C#N)cc1Cl)/C(OC)=C(/C)N(C)C. The van der Waals surface area contributed by atoms with Crippen LogP contribution in [0.25, 0.3) is 0 Å². The van der Waals surface area contributed by atoms with Crippen molar-refractivity contribution in [2.45, 2.75) is 6.92 Å². The van der Waals surface area contributed by atoms with Gasteiger partial charge in [-0.2, -0.15) is 5.26 Å². The maximum atomic E-state index is 8.82. The number of hydrogen-bond donors (Lipinski definition) is 1. The number of nitrogens with zero attached hydrogens (tertiary/aromatic N) is 2. The Morgan fingerprint density at radius 1 is 1.45 bits per heavy atom. The van der Waals surface area contributed by atoms with Crippen LogP contribution in [0.4, 0.5) is 5.69 Å². The highest BCUT2D eigenvalue weighted by Crippen LogP contribution is 2.26. The van der Waals surface area contributed by atoms with Gasteiger partial charge < -0.3 is 15.0 Å². The molecule has 0 amide bonds. The second kappa shape index (κ2) is 6.88. The fraction of sp³-hybridized carbons (Fsp3) is 0.267. The van der Waals surface area contributed by atoms with Crippen molar-refractivity contribution in [3.8, 4) is 6.07 Å². The molecule has 0 bridgehead atoms. The molecule has 20 heavy (non-hydrogen) atoms. The molecular weight excluding hydrogens is 274 g/mol. The molecule has 0 spiro atoms. The van der Waals surface area contributed by atoms with Crippen LogP contribution in [0.2, 0.25) is 5.02 Å². The molecule has 0 radical (unpaired) electrons. The molecule has 1 aromatic rings. The van der Waals surface area contributed by atoms with Crippen molar-refractivity contribution < 1.29 is 4.74 Å². The Hall–Kier alpha value is -2.12. The van der Waals surface area contributed by atoms with Gasteiger partial charge in [-0.25, -0.2) is 0 Å². The Balaban J connectivity index is 3.02. The van der Waals surface area contributed by atoms with Gasteiger partial charge in [0.2, 0.25) is 0 Å². The molecule has 0 atom stereocenters. The van der Waals surface area contributed by atoms with Crippen LogP contribution in [0.5, 0.6) is 0 Å². The first-order valence-electron chi connectivity index (χ1n) is 5.98. The summed E-state index contributed by atoms with van der Waals surface area (Å²) in [5.41, 5.74) is 2.73. The maximum Gasteiger partial charge on any atom is 0.160 e. The number of hydrogen-bond acceptors (Lipinski definition) is 4. The van der Waals surface area contributed by atoms with Crippen molar-refractivity contribution in [3.05, 3.63) is 52.5 Å². The largest absolute Gasteiger partial charge is 0.493 e. The number of allylic oxidation sites excluding steroid dienone is 1. The van der Waals surface area contributed by atoms with E-state index in [2.05, 4.69) is 11.9 Å². The summed E-state index contributed by atoms with van der Waals surface area (Å²) in [6.07, 6.45) is 0. The van der Waals surface area contributed by atoms with Crippen LogP contribution < -0.4 is 5.32 Å². The molecule has 0 aliphatic heterocycles. The van der Waals surface area contributed by atoms with Gasteiger partial charge in [-0.3, -0.25) is 0 Å². The van der Waals surface area contributed by atoms with E-state index in [-0.39, 0.29) is 0 Å². The van der Waals surface area contributed by atoms with Gasteiger partial charge in [-0.1, -0.05) is 18.2 Å². The predicted molar refractivity (Wildman–Crippen MR) is 82.3 cm³/mol. The van der Waals surface area contributed by atoms with Crippen molar-refractivity contribution in [1.29, 1.82) is 5.26 Å². The summed E-state index contributed by atoms with van der Waals surface area (Å²) in [5.74, 6) is 0.649. The van der Waals surface area contributed by atoms with Crippen molar-refractivity contribution >= 4 is 17.3 Å². The van der Waals surface area contributed by atoms with Crippen LogP contribution in [-0.2, 0) is 4.74 Å². The first kappa shape index (κ1) is 15.9. The number of methoxy groups -OCH3 is 1. The highest BCUT2D eigenvalue weighted by Gasteiger charge is 2.11. The highest BCUT2D eigenvalue weighted by atomic mass is 35.5. The highest BCUT2D eigenvalue weighted by molar-refractivity contribution is 6.33. The van der Waals surface area contributed by atoms with Crippen LogP contribution in [0.15, 0.2) is 41.9 Å². The van der Waals surface area contributed by atoms with E-state index in [1.807, 2.05) is 32.0 Å². The van der Waals surface area contributed by atoms with E-state index in [1.54, 1.807) is 25.3 Å². The van der Waals surface area contributed by atoms with Gasteiger partial charge in [0.05, 0.1) is 40.8 Å². The topological polar surface area (TPSA) is 48.3 Å². The number of nitrogens with one attached hydrogen (secondary N) is 1. The van der Waals surface area contributed by atoms with Crippen LogP contribution in [0, 0.1) is 11.3 Å². The number of ether oxygens (including phenoxy) is 1. The summed E-state index contributed by atoms with van der Waals surface area (Å²) in [6.45, 7) is 5.90. The molecular formula is C15H18ClN3O. The minimum Gasteiger partial charge on any atom is -0.493 e. The van der Waals surface area contributed by atoms with Crippen molar-refractivity contribution in [1.82, 2.24) is 4.90 Å². The fourth-order valence-electron chi connectivity index (χ4n) is 1.60. The summed E-state index contributed by atoms with van der Waals surface area (Å²) in [6, 6.07) is 7.07. The monoisotopic (exact) mass is 291 g/mol. The summed E-state index contributed by atoms with van der Waals surface area (Å²) >= 11 is 6.12. The molecule has 1 rings (SSSR count). The molecule has 0 fully saturated rings. The number of benzene rings is 1. The van der Waals surface area contributed by atoms with E-state index in [9.17, 15) is 0 Å². The lowest BCUT2D eigenvalue weighted by Crippen LogP contribution is -2.15. The molecule has 0 saturated carbocycles. The average molecular weight is 292 g/mol. The van der Waals surface area contributed by atoms with E-state index in [0.29, 0.717) is 27.7 Å². The Bertz CT molecular complexity index is 585. The molecule has 0 saturated heterocycles. The molecule has 0 aliphatic rings. The smallest absolute Gasteiger partial charge is 0.160 e. The zero-order valence-corrected chi connectivity index (χ0v) is 12.9. The number of anilines is 1. The number of rotatable bonds is 5. The second-order valence-corrected chi connectivity index (χ2v) is 4.83. The molecule has 0 heterocycles. The van der Waals surface area contributed by atoms with Crippen molar-refractivity contribution in [2.75, 3.05) is 26.5 Å². The Morgan fingerprint density at radius 2 is 2.10 bits per heavy atom. The van der Waals surface area contributed by atoms with E-state index < -0.39 is 0 Å². The number of halogens is 1. The lowest BCUT2D eigenvalue weighted by atomic mass is 10.2. The molecule has 0 aliphatic carbocycles. The Kier molecular flexibility index (Phi) is 5.48. The predicted octanol–water partition coefficient (Wildman–Crippen LogP) is 3.58. The summed E-state index contributed by atoms with van der Waals surface area (Å²) in [7, 11) is 5.45. The van der Waals surface area contributed by atoms with E-state index in [0.717, 1.165) is 5.70 Å². The Morgan fingerprint density at radius 3 is 2.55 bits per heavy atom. The first-order chi connectivity index (χ1) is 9.40. The quantitative estimate of drug-likeness (QED) is 0.665. The zero-order chi connectivity index (χ0) is 15.3. The van der Waals surface area contributed by atoms with Crippen LogP contribution in [0.1, 0.15) is 12.5 Å². The van der Waals surface area contributed by atoms with E-state index in [4.69, 9.17) is 21.6 Å². The minimum atomic E-state index is 0.461. The van der Waals surface area contributed by atoms with Gasteiger partial charge in [-0.05, 0) is 25.1 Å². The molecule has 1 aromatic carbocycles. The lowest BCUT2D eigenvalue weighted by Gasteiger charge is -2.20. The van der Waals surface area contributed by atoms with Gasteiger partial charge in [0.1, 0.15) is 0 Å². The van der Waals surface area contributed by atoms with Gasteiger partial charge >= 0.3 is 0 Å². The summed E-state index contributed by atoms with van der Waals surface area (Å²) in [5, 5.41) is 12.4. The molecule has 0 unspecified atom stereocenters. The standard InChI is InChI=1S/C15H18ClN3O/c1-10(15(20-5)11(2)19(3)4)18-14-7-6-12(9-17)8-13(14)16/h6-8,18H,1H2,2-5H3/b15-11+. The van der Waals surface area contributed by atoms with Gasteiger partial charge in [0.25, 0.3) is 0 Å². The van der Waals surface area contributed by atoms with E-state index >= 15 is 0 Å². The van der Waals surface area contributed by atoms with Gasteiger partial charge in [-0.15, -0.1) is 0 Å². The van der Waals surface area contributed by atoms with Crippen LogP contribution in [-0.4, -0.2) is 26.1 Å². The van der Waals surface area contributed by atoms with Crippen molar-refractivity contribution in [2.24, 2.45) is 0 Å². The average Bonchev–Trinajstić information content (AvgIpc) is 2.41. The fourth-order valence-corrected chi connectivity index (χ4v) is 1.83. The molecule has 5 heteroatoms. The first-order valence-corrected chi connectivity index (χ1v) is 6.36. The summed E-state index contributed by atoms with van der Waals surface area (Å²) in [4.78, 5) is 1.94. The third kappa shape index (κ3) is 3.69. The molecule has 1 N–H and O–H groups in total. The number of nitriles is 1. The van der Waals surface area contributed by atoms with E-state index in [1.165, 1.54) is 0 Å². The minimum absolute atomic E-state index is 0.461. The normalized spacial score (nSPS) is 11.2. The molecule has 106 valence electrons. The van der Waals surface area contributed by atoms with Crippen molar-refractivity contribution in [3.63, 3.8) is 0 Å². The van der Waals surface area contributed by atoms with Crippen LogP contribution in [0.3, 0.4) is 0 Å². The van der Waals surface area contributed by atoms with Crippen LogP contribution >= 0.6 is 11.6 Å². The van der Waals surface area contributed by atoms with Gasteiger partial charge in [0, 0.05) is 14.1 Å². The second-order valence-electron chi connectivity index (χ2n) is 4.42.